The van der Waals surface area contributed by atoms with E-state index in [9.17, 15) is 4.79 Å². The average Bonchev–Trinajstić information content (AvgIpc) is 2.06. The van der Waals surface area contributed by atoms with Gasteiger partial charge in [-0.1, -0.05) is 9.39 Å². The van der Waals surface area contributed by atoms with Gasteiger partial charge in [0.25, 0.3) is 0 Å². The van der Waals surface area contributed by atoms with Gasteiger partial charge in [-0.05, 0) is 20.3 Å². The van der Waals surface area contributed by atoms with Gasteiger partial charge in [0, 0.05) is 6.61 Å². The summed E-state index contributed by atoms with van der Waals surface area (Å²) in [7, 11) is 2.27. The molecule has 0 aromatic carbocycles. The van der Waals surface area contributed by atoms with E-state index < -0.39 is 0 Å². The minimum absolute atomic E-state index is 0.0903. The quantitative estimate of drug-likeness (QED) is 0.459. The van der Waals surface area contributed by atoms with Crippen LogP contribution in [0.3, 0.4) is 0 Å². The Kier molecular flexibility index (Phi) is 6.43. The number of aldehydes is 1. The number of carbonyl (C=O) groups excluding carboxylic acids is 1. The van der Waals surface area contributed by atoms with E-state index in [0.717, 1.165) is 6.29 Å². The van der Waals surface area contributed by atoms with Crippen molar-refractivity contribution < 1.29 is 14.6 Å². The molecular weight excluding hydrogens is 189 g/mol. The first-order valence-electron chi connectivity index (χ1n) is 4.22. The highest BCUT2D eigenvalue weighted by Gasteiger charge is 2.19. The summed E-state index contributed by atoms with van der Waals surface area (Å²) < 4.78 is 5.45. The summed E-state index contributed by atoms with van der Waals surface area (Å²) >= 11 is 0. The maximum atomic E-state index is 10.4. The van der Waals surface area contributed by atoms with E-state index in [1.54, 1.807) is 0 Å². The molecule has 0 aromatic heterocycles. The molecular formula is C8H18NO3P. The molecule has 13 heavy (non-hydrogen) atoms. The molecule has 0 heterocycles. The van der Waals surface area contributed by atoms with Gasteiger partial charge in [-0.25, -0.2) is 0 Å². The summed E-state index contributed by atoms with van der Waals surface area (Å²) in [6.07, 6.45) is 1.36. The van der Waals surface area contributed by atoms with E-state index >= 15 is 0 Å². The van der Waals surface area contributed by atoms with Crippen LogP contribution in [0.1, 0.15) is 20.3 Å². The van der Waals surface area contributed by atoms with Crippen molar-refractivity contribution in [1.29, 1.82) is 0 Å². The molecule has 0 aromatic rings. The highest BCUT2D eigenvalue weighted by molar-refractivity contribution is 7.13. The minimum atomic E-state index is -0.377. The first-order chi connectivity index (χ1) is 6.05. The Balaban J connectivity index is 3.77. The molecule has 0 aliphatic carbocycles. The Bertz CT molecular complexity index is 152. The van der Waals surface area contributed by atoms with Gasteiger partial charge in [0.15, 0.2) is 0 Å². The lowest BCUT2D eigenvalue weighted by Crippen LogP contribution is -2.35. The normalized spacial score (nSPS) is 14.2. The molecule has 2 atom stereocenters. The number of nitrogens with one attached hydrogen (secondary N) is 1. The van der Waals surface area contributed by atoms with Crippen LogP contribution in [0.2, 0.25) is 0 Å². The van der Waals surface area contributed by atoms with Crippen molar-refractivity contribution in [1.82, 2.24) is 5.09 Å². The second-order valence-electron chi connectivity index (χ2n) is 3.45. The number of carbonyl (C=O) groups is 1. The van der Waals surface area contributed by atoms with Gasteiger partial charge < -0.3 is 14.6 Å². The zero-order chi connectivity index (χ0) is 10.3. The zero-order valence-corrected chi connectivity index (χ0v) is 9.27. The van der Waals surface area contributed by atoms with Crippen LogP contribution < -0.4 is 5.09 Å². The molecule has 2 N–H and O–H groups in total. The van der Waals surface area contributed by atoms with Gasteiger partial charge in [0.1, 0.15) is 6.29 Å². The largest absolute Gasteiger partial charge is 0.396 e. The summed E-state index contributed by atoms with van der Waals surface area (Å²) in [5, 5.41) is 11.4. The third kappa shape index (κ3) is 6.11. The van der Waals surface area contributed by atoms with Gasteiger partial charge in [-0.2, -0.15) is 0 Å². The van der Waals surface area contributed by atoms with E-state index in [-0.39, 0.29) is 18.2 Å². The molecule has 0 amide bonds. The number of aliphatic hydroxyl groups excluding tert-OH is 1. The van der Waals surface area contributed by atoms with Crippen LogP contribution in [0.4, 0.5) is 0 Å². The van der Waals surface area contributed by atoms with Gasteiger partial charge in [0.05, 0.1) is 18.2 Å². The van der Waals surface area contributed by atoms with Crippen LogP contribution in [-0.4, -0.2) is 36.2 Å². The van der Waals surface area contributed by atoms with Crippen LogP contribution in [0.25, 0.3) is 0 Å². The van der Waals surface area contributed by atoms with Crippen LogP contribution in [0.5, 0.6) is 0 Å². The zero-order valence-electron chi connectivity index (χ0n) is 8.12. The number of rotatable bonds is 7. The van der Waals surface area contributed by atoms with Crippen molar-refractivity contribution in [3.05, 3.63) is 0 Å². The smallest absolute Gasteiger partial charge is 0.139 e. The summed E-state index contributed by atoms with van der Waals surface area (Å²) in [6.45, 7) is 4.18. The molecule has 0 bridgehead atoms. The molecule has 5 heteroatoms. The molecule has 4 nitrogen and oxygen atoms in total. The van der Waals surface area contributed by atoms with Crippen molar-refractivity contribution in [2.75, 3.05) is 13.2 Å². The minimum Gasteiger partial charge on any atom is -0.396 e. The maximum Gasteiger partial charge on any atom is 0.139 e. The SMILES string of the molecule is CC(C)(CCO)OCC(C=O)NP. The topological polar surface area (TPSA) is 58.6 Å². The molecule has 0 fully saturated rings. The van der Waals surface area contributed by atoms with Crippen molar-refractivity contribution in [3.8, 4) is 0 Å². The number of hydrogen-bond acceptors (Lipinski definition) is 4. The van der Waals surface area contributed by atoms with Crippen molar-refractivity contribution in [2.45, 2.75) is 31.9 Å². The number of aliphatic hydroxyl groups is 1. The second-order valence-corrected chi connectivity index (χ2v) is 3.79. The highest BCUT2D eigenvalue weighted by Crippen LogP contribution is 2.13. The fraction of sp³-hybridized carbons (Fsp3) is 0.875. The third-order valence-corrected chi connectivity index (χ3v) is 2.17. The first kappa shape index (κ1) is 13.0. The van der Waals surface area contributed by atoms with E-state index in [1.165, 1.54) is 0 Å². The molecule has 0 saturated heterocycles. The molecule has 0 spiro atoms. The van der Waals surface area contributed by atoms with Crippen molar-refractivity contribution in [2.24, 2.45) is 0 Å². The van der Waals surface area contributed by atoms with Gasteiger partial charge >= 0.3 is 0 Å². The summed E-state index contributed by atoms with van der Waals surface area (Å²) in [6, 6.07) is -0.303. The Hall–Kier alpha value is -0.0200. The average molecular weight is 207 g/mol. The lowest BCUT2D eigenvalue weighted by molar-refractivity contribution is -0.112. The standard InChI is InChI=1S/C8H18NO3P/c1-8(2,3-4-10)12-6-7(5-11)9-13/h5,7,9-10H,3-4,6,13H2,1-2H3. The third-order valence-electron chi connectivity index (χ3n) is 1.75. The molecule has 0 aliphatic rings. The molecule has 78 valence electrons. The van der Waals surface area contributed by atoms with E-state index in [0.29, 0.717) is 13.0 Å². The van der Waals surface area contributed by atoms with Gasteiger partial charge in [0.2, 0.25) is 0 Å². The molecule has 2 unspecified atom stereocenters. The lowest BCUT2D eigenvalue weighted by atomic mass is 10.1. The second kappa shape index (κ2) is 6.44. The van der Waals surface area contributed by atoms with Crippen LogP contribution >= 0.6 is 9.39 Å². The predicted molar refractivity (Wildman–Crippen MR) is 54.4 cm³/mol. The summed E-state index contributed by atoms with van der Waals surface area (Å²) in [5.74, 6) is 0. The Morgan fingerprint density at radius 3 is 2.69 bits per heavy atom. The molecule has 0 aliphatic heterocycles. The molecule has 0 radical (unpaired) electrons. The van der Waals surface area contributed by atoms with E-state index in [2.05, 4.69) is 14.5 Å². The first-order valence-corrected chi connectivity index (χ1v) is 4.79. The van der Waals surface area contributed by atoms with Gasteiger partial charge in [-0.3, -0.25) is 5.09 Å². The predicted octanol–water partition coefficient (Wildman–Crippen LogP) is 0.111. The summed E-state index contributed by atoms with van der Waals surface area (Å²) in [4.78, 5) is 10.4. The number of hydrogen-bond donors (Lipinski definition) is 2. The fourth-order valence-corrected chi connectivity index (χ4v) is 0.958. The van der Waals surface area contributed by atoms with E-state index in [1.807, 2.05) is 13.8 Å². The Morgan fingerprint density at radius 1 is 1.69 bits per heavy atom. The monoisotopic (exact) mass is 207 g/mol. The fourth-order valence-electron chi connectivity index (χ4n) is 0.783. The highest BCUT2D eigenvalue weighted by atomic mass is 31.0. The number of ether oxygens (including phenoxy) is 1. The maximum absolute atomic E-state index is 10.4. The Labute approximate surface area is 81.3 Å². The van der Waals surface area contributed by atoms with Crippen LogP contribution in [0, 0.1) is 0 Å². The van der Waals surface area contributed by atoms with Gasteiger partial charge in [-0.15, -0.1) is 0 Å². The summed E-state index contributed by atoms with van der Waals surface area (Å²) in [5.41, 5.74) is -0.377. The van der Waals surface area contributed by atoms with Crippen LogP contribution in [-0.2, 0) is 9.53 Å². The Morgan fingerprint density at radius 2 is 2.31 bits per heavy atom. The van der Waals surface area contributed by atoms with E-state index in [4.69, 9.17) is 9.84 Å². The molecule has 0 saturated carbocycles. The van der Waals surface area contributed by atoms with Crippen molar-refractivity contribution >= 4 is 15.7 Å². The van der Waals surface area contributed by atoms with Crippen molar-refractivity contribution in [3.63, 3.8) is 0 Å². The molecule has 0 rings (SSSR count). The lowest BCUT2D eigenvalue weighted by Gasteiger charge is -2.25. The van der Waals surface area contributed by atoms with Crippen LogP contribution in [0.15, 0.2) is 0 Å².